The van der Waals surface area contributed by atoms with E-state index in [2.05, 4.69) is 19.2 Å². The lowest BCUT2D eigenvalue weighted by molar-refractivity contribution is 0.586. The van der Waals surface area contributed by atoms with Crippen molar-refractivity contribution in [3.8, 4) is 0 Å². The molecule has 0 saturated heterocycles. The van der Waals surface area contributed by atoms with Gasteiger partial charge in [-0.3, -0.25) is 0 Å². The lowest BCUT2D eigenvalue weighted by Crippen LogP contribution is -2.19. The van der Waals surface area contributed by atoms with Gasteiger partial charge in [-0.05, 0) is 31.0 Å². The standard InChI is InChI=1S/C13H19Cl2N/c1-3-5-11(6-4-2)16-13-9-10(14)7-8-12(13)15/h7-9,11,16H,3-6H2,1-2H3. The number of anilines is 1. The molecule has 0 aliphatic rings. The molecular formula is C13H19Cl2N. The van der Waals surface area contributed by atoms with Gasteiger partial charge in [-0.2, -0.15) is 0 Å². The highest BCUT2D eigenvalue weighted by molar-refractivity contribution is 6.35. The zero-order chi connectivity index (χ0) is 12.0. The number of nitrogens with one attached hydrogen (secondary N) is 1. The van der Waals surface area contributed by atoms with Crippen LogP contribution in [0.1, 0.15) is 39.5 Å². The van der Waals surface area contributed by atoms with Gasteiger partial charge in [0.1, 0.15) is 0 Å². The van der Waals surface area contributed by atoms with Crippen molar-refractivity contribution in [1.82, 2.24) is 0 Å². The largest absolute Gasteiger partial charge is 0.381 e. The summed E-state index contributed by atoms with van der Waals surface area (Å²) in [6, 6.07) is 6.03. The first-order valence-corrected chi connectivity index (χ1v) is 6.64. The van der Waals surface area contributed by atoms with Crippen LogP contribution in [0.15, 0.2) is 18.2 Å². The molecule has 0 aromatic heterocycles. The van der Waals surface area contributed by atoms with Crippen LogP contribution in [0.5, 0.6) is 0 Å². The minimum absolute atomic E-state index is 0.492. The fraction of sp³-hybridized carbons (Fsp3) is 0.538. The highest BCUT2D eigenvalue weighted by Crippen LogP contribution is 2.27. The highest BCUT2D eigenvalue weighted by Gasteiger charge is 2.08. The molecule has 1 nitrogen and oxygen atoms in total. The molecule has 1 rings (SSSR count). The Hall–Kier alpha value is -0.400. The van der Waals surface area contributed by atoms with Crippen LogP contribution in [-0.2, 0) is 0 Å². The van der Waals surface area contributed by atoms with Gasteiger partial charge >= 0.3 is 0 Å². The van der Waals surface area contributed by atoms with Crippen LogP contribution in [0.25, 0.3) is 0 Å². The molecule has 1 aromatic rings. The number of rotatable bonds is 6. The van der Waals surface area contributed by atoms with Crippen molar-refractivity contribution in [3.05, 3.63) is 28.2 Å². The molecular weight excluding hydrogens is 241 g/mol. The van der Waals surface area contributed by atoms with Gasteiger partial charge in [-0.25, -0.2) is 0 Å². The maximum atomic E-state index is 6.12. The Morgan fingerprint density at radius 1 is 1.12 bits per heavy atom. The molecule has 16 heavy (non-hydrogen) atoms. The van der Waals surface area contributed by atoms with E-state index in [1.165, 1.54) is 12.8 Å². The number of hydrogen-bond donors (Lipinski definition) is 1. The van der Waals surface area contributed by atoms with Crippen LogP contribution in [0.2, 0.25) is 10.0 Å². The van der Waals surface area contributed by atoms with Crippen molar-refractivity contribution in [1.29, 1.82) is 0 Å². The zero-order valence-electron chi connectivity index (χ0n) is 9.89. The quantitative estimate of drug-likeness (QED) is 0.724. The summed E-state index contributed by atoms with van der Waals surface area (Å²) in [4.78, 5) is 0. The van der Waals surface area contributed by atoms with Crippen molar-refractivity contribution in [3.63, 3.8) is 0 Å². The Kier molecular flexibility index (Phi) is 6.00. The molecule has 1 aromatic carbocycles. The summed E-state index contributed by atoms with van der Waals surface area (Å²) in [7, 11) is 0. The summed E-state index contributed by atoms with van der Waals surface area (Å²) in [6.45, 7) is 4.40. The van der Waals surface area contributed by atoms with Crippen LogP contribution < -0.4 is 5.32 Å². The van der Waals surface area contributed by atoms with Crippen LogP contribution in [0, 0.1) is 0 Å². The van der Waals surface area contributed by atoms with E-state index in [9.17, 15) is 0 Å². The molecule has 0 heterocycles. The molecule has 0 radical (unpaired) electrons. The van der Waals surface area contributed by atoms with Crippen LogP contribution in [0.4, 0.5) is 5.69 Å². The van der Waals surface area contributed by atoms with E-state index in [-0.39, 0.29) is 0 Å². The predicted molar refractivity (Wildman–Crippen MR) is 73.7 cm³/mol. The number of benzene rings is 1. The van der Waals surface area contributed by atoms with Gasteiger partial charge in [-0.1, -0.05) is 49.9 Å². The second-order valence-electron chi connectivity index (χ2n) is 4.04. The molecule has 0 atom stereocenters. The Balaban J connectivity index is 2.71. The maximum Gasteiger partial charge on any atom is 0.0638 e. The van der Waals surface area contributed by atoms with E-state index in [0.29, 0.717) is 6.04 Å². The van der Waals surface area contributed by atoms with Crippen LogP contribution >= 0.6 is 23.2 Å². The third-order valence-corrected chi connectivity index (χ3v) is 3.13. The third kappa shape index (κ3) is 4.23. The summed E-state index contributed by atoms with van der Waals surface area (Å²) in [5, 5.41) is 4.93. The Morgan fingerprint density at radius 2 is 1.75 bits per heavy atom. The van der Waals surface area contributed by atoms with Crippen LogP contribution in [0.3, 0.4) is 0 Å². The summed E-state index contributed by atoms with van der Waals surface area (Å²) >= 11 is 12.1. The molecule has 0 bridgehead atoms. The summed E-state index contributed by atoms with van der Waals surface area (Å²) in [5.74, 6) is 0. The maximum absolute atomic E-state index is 6.12. The fourth-order valence-electron chi connectivity index (χ4n) is 1.81. The Labute approximate surface area is 108 Å². The van der Waals surface area contributed by atoms with Crippen molar-refractivity contribution >= 4 is 28.9 Å². The van der Waals surface area contributed by atoms with Gasteiger partial charge in [0.25, 0.3) is 0 Å². The minimum atomic E-state index is 0.492. The third-order valence-electron chi connectivity index (χ3n) is 2.56. The smallest absolute Gasteiger partial charge is 0.0638 e. The number of hydrogen-bond acceptors (Lipinski definition) is 1. The summed E-state index contributed by atoms with van der Waals surface area (Å²) in [5.41, 5.74) is 0.945. The normalized spacial score (nSPS) is 10.8. The Bertz CT molecular complexity index is 320. The second-order valence-corrected chi connectivity index (χ2v) is 4.89. The van der Waals surface area contributed by atoms with E-state index in [1.54, 1.807) is 0 Å². The molecule has 0 fully saturated rings. The van der Waals surface area contributed by atoms with Gasteiger partial charge in [0.2, 0.25) is 0 Å². The van der Waals surface area contributed by atoms with E-state index in [1.807, 2.05) is 18.2 Å². The molecule has 0 unspecified atom stereocenters. The Morgan fingerprint density at radius 3 is 2.31 bits per heavy atom. The number of halogens is 2. The average Bonchev–Trinajstić information content (AvgIpc) is 2.24. The SMILES string of the molecule is CCCC(CCC)Nc1cc(Cl)ccc1Cl. The lowest BCUT2D eigenvalue weighted by atomic mass is 10.1. The second kappa shape index (κ2) is 7.03. The first kappa shape index (κ1) is 13.7. The van der Waals surface area contributed by atoms with Crippen molar-refractivity contribution in [2.45, 2.75) is 45.6 Å². The van der Waals surface area contributed by atoms with Crippen molar-refractivity contribution in [2.75, 3.05) is 5.32 Å². The molecule has 0 aliphatic carbocycles. The van der Waals surface area contributed by atoms with E-state index in [4.69, 9.17) is 23.2 Å². The first-order valence-electron chi connectivity index (χ1n) is 5.89. The van der Waals surface area contributed by atoms with E-state index >= 15 is 0 Å². The summed E-state index contributed by atoms with van der Waals surface area (Å²) < 4.78 is 0. The van der Waals surface area contributed by atoms with Gasteiger partial charge in [0, 0.05) is 11.1 Å². The minimum Gasteiger partial charge on any atom is -0.381 e. The van der Waals surface area contributed by atoms with Crippen molar-refractivity contribution in [2.24, 2.45) is 0 Å². The van der Waals surface area contributed by atoms with E-state index < -0.39 is 0 Å². The fourth-order valence-corrected chi connectivity index (χ4v) is 2.16. The lowest BCUT2D eigenvalue weighted by Gasteiger charge is -2.19. The molecule has 0 spiro atoms. The van der Waals surface area contributed by atoms with Gasteiger partial charge in [0.15, 0.2) is 0 Å². The van der Waals surface area contributed by atoms with Crippen LogP contribution in [-0.4, -0.2) is 6.04 Å². The van der Waals surface area contributed by atoms with Crippen molar-refractivity contribution < 1.29 is 0 Å². The molecule has 0 saturated carbocycles. The van der Waals surface area contributed by atoms with E-state index in [0.717, 1.165) is 28.6 Å². The summed E-state index contributed by atoms with van der Waals surface area (Å²) in [6.07, 6.45) is 4.68. The predicted octanol–water partition coefficient (Wildman–Crippen LogP) is 5.37. The molecule has 90 valence electrons. The first-order chi connectivity index (χ1) is 7.67. The van der Waals surface area contributed by atoms with Gasteiger partial charge in [-0.15, -0.1) is 0 Å². The molecule has 0 aliphatic heterocycles. The van der Waals surface area contributed by atoms with Gasteiger partial charge in [0.05, 0.1) is 10.7 Å². The molecule has 1 N–H and O–H groups in total. The molecule has 3 heteroatoms. The van der Waals surface area contributed by atoms with Gasteiger partial charge < -0.3 is 5.32 Å². The average molecular weight is 260 g/mol. The topological polar surface area (TPSA) is 12.0 Å². The monoisotopic (exact) mass is 259 g/mol. The highest BCUT2D eigenvalue weighted by atomic mass is 35.5. The molecule has 0 amide bonds. The zero-order valence-corrected chi connectivity index (χ0v) is 11.4.